The first-order valence-electron chi connectivity index (χ1n) is 7.75. The molecular weight excluding hydrogens is 355 g/mol. The number of aromatic nitrogens is 3. The number of pyridine rings is 1. The highest BCUT2D eigenvalue weighted by atomic mass is 19.1. The summed E-state index contributed by atoms with van der Waals surface area (Å²) in [6.07, 6.45) is 5.34. The van der Waals surface area contributed by atoms with Crippen molar-refractivity contribution in [2.45, 2.75) is 6.54 Å². The first-order chi connectivity index (χ1) is 12.9. The van der Waals surface area contributed by atoms with E-state index in [1.807, 2.05) is 29.9 Å². The van der Waals surface area contributed by atoms with Gasteiger partial charge in [-0.1, -0.05) is 6.07 Å². The number of hydrogen-bond acceptors (Lipinski definition) is 5. The summed E-state index contributed by atoms with van der Waals surface area (Å²) in [6, 6.07) is 10.3. The summed E-state index contributed by atoms with van der Waals surface area (Å²) >= 11 is 0. The number of benzene rings is 1. The highest BCUT2D eigenvalue weighted by Gasteiger charge is 2.08. The molecule has 3 rings (SSSR count). The lowest BCUT2D eigenvalue weighted by Gasteiger charge is -2.08. The van der Waals surface area contributed by atoms with Crippen molar-refractivity contribution in [3.63, 3.8) is 0 Å². The SMILES string of the molecule is Cn1c(-c2ccc(F)cc2)cnc1NCc1cccnc1.O=C(O)C(=O)O. The van der Waals surface area contributed by atoms with Crippen molar-refractivity contribution in [2.24, 2.45) is 7.05 Å². The van der Waals surface area contributed by atoms with E-state index in [0.717, 1.165) is 22.8 Å². The topological polar surface area (TPSA) is 117 Å². The molecule has 0 aliphatic carbocycles. The minimum Gasteiger partial charge on any atom is -0.473 e. The predicted molar refractivity (Wildman–Crippen MR) is 95.4 cm³/mol. The van der Waals surface area contributed by atoms with Crippen molar-refractivity contribution in [3.8, 4) is 11.3 Å². The van der Waals surface area contributed by atoms with Gasteiger partial charge in [-0.05, 0) is 35.9 Å². The van der Waals surface area contributed by atoms with Crippen LogP contribution in [0.15, 0.2) is 55.0 Å². The van der Waals surface area contributed by atoms with E-state index in [4.69, 9.17) is 19.8 Å². The van der Waals surface area contributed by atoms with Gasteiger partial charge in [0.2, 0.25) is 5.95 Å². The molecule has 0 atom stereocenters. The molecule has 3 aromatic rings. The zero-order valence-electron chi connectivity index (χ0n) is 14.3. The lowest BCUT2D eigenvalue weighted by Crippen LogP contribution is -2.09. The molecule has 8 nitrogen and oxygen atoms in total. The third-order valence-electron chi connectivity index (χ3n) is 3.48. The third kappa shape index (κ3) is 5.63. The van der Waals surface area contributed by atoms with Crippen molar-refractivity contribution >= 4 is 17.9 Å². The van der Waals surface area contributed by atoms with Crippen LogP contribution >= 0.6 is 0 Å². The van der Waals surface area contributed by atoms with Crippen molar-refractivity contribution in [2.75, 3.05) is 5.32 Å². The van der Waals surface area contributed by atoms with Crippen LogP contribution in [0.25, 0.3) is 11.3 Å². The Morgan fingerprint density at radius 1 is 1.11 bits per heavy atom. The number of hydrogen-bond donors (Lipinski definition) is 3. The molecule has 0 bridgehead atoms. The summed E-state index contributed by atoms with van der Waals surface area (Å²) in [7, 11) is 1.93. The van der Waals surface area contributed by atoms with E-state index >= 15 is 0 Å². The lowest BCUT2D eigenvalue weighted by atomic mass is 10.2. The van der Waals surface area contributed by atoms with Gasteiger partial charge in [-0.25, -0.2) is 19.0 Å². The molecule has 2 aromatic heterocycles. The summed E-state index contributed by atoms with van der Waals surface area (Å²) < 4.78 is 14.9. The van der Waals surface area contributed by atoms with Gasteiger partial charge in [0.25, 0.3) is 0 Å². The van der Waals surface area contributed by atoms with Gasteiger partial charge < -0.3 is 20.1 Å². The maximum absolute atomic E-state index is 13.0. The van der Waals surface area contributed by atoms with E-state index in [1.54, 1.807) is 24.5 Å². The van der Waals surface area contributed by atoms with E-state index in [9.17, 15) is 4.39 Å². The van der Waals surface area contributed by atoms with Gasteiger partial charge in [-0.15, -0.1) is 0 Å². The number of carbonyl (C=O) groups is 2. The fraction of sp³-hybridized carbons (Fsp3) is 0.111. The number of halogens is 1. The van der Waals surface area contributed by atoms with E-state index in [-0.39, 0.29) is 5.82 Å². The second kappa shape index (κ2) is 9.09. The Labute approximate surface area is 153 Å². The maximum atomic E-state index is 13.0. The fourth-order valence-corrected chi connectivity index (χ4v) is 2.15. The van der Waals surface area contributed by atoms with Gasteiger partial charge >= 0.3 is 11.9 Å². The Morgan fingerprint density at radius 2 is 1.78 bits per heavy atom. The number of anilines is 1. The Morgan fingerprint density at radius 3 is 2.33 bits per heavy atom. The van der Waals surface area contributed by atoms with Gasteiger partial charge in [-0.2, -0.15) is 0 Å². The minimum atomic E-state index is -1.82. The number of rotatable bonds is 4. The van der Waals surface area contributed by atoms with E-state index < -0.39 is 11.9 Å². The Hall–Kier alpha value is -3.75. The normalized spacial score (nSPS) is 9.85. The van der Waals surface area contributed by atoms with Gasteiger partial charge in [0, 0.05) is 31.5 Å². The second-order valence-corrected chi connectivity index (χ2v) is 5.36. The lowest BCUT2D eigenvalue weighted by molar-refractivity contribution is -0.159. The molecule has 3 N–H and O–H groups in total. The van der Waals surface area contributed by atoms with Crippen molar-refractivity contribution in [1.82, 2.24) is 14.5 Å². The zero-order chi connectivity index (χ0) is 19.8. The summed E-state index contributed by atoms with van der Waals surface area (Å²) in [5, 5.41) is 18.1. The molecule has 140 valence electrons. The highest BCUT2D eigenvalue weighted by molar-refractivity contribution is 6.27. The van der Waals surface area contributed by atoms with Crippen LogP contribution in [-0.4, -0.2) is 36.7 Å². The van der Waals surface area contributed by atoms with Crippen LogP contribution in [0, 0.1) is 5.82 Å². The summed E-state index contributed by atoms with van der Waals surface area (Å²) in [5.41, 5.74) is 2.95. The number of carboxylic acids is 2. The van der Waals surface area contributed by atoms with Crippen molar-refractivity contribution in [1.29, 1.82) is 0 Å². The largest absolute Gasteiger partial charge is 0.473 e. The standard InChI is InChI=1S/C16H15FN4.C2H2O4/c1-21-15(13-4-6-14(17)7-5-13)11-20-16(21)19-10-12-3-2-8-18-9-12;3-1(4)2(5)6/h2-9,11H,10H2,1H3,(H,19,20);(H,3,4)(H,5,6). The molecule has 1 aromatic carbocycles. The zero-order valence-corrected chi connectivity index (χ0v) is 14.3. The molecule has 0 unspecified atom stereocenters. The second-order valence-electron chi connectivity index (χ2n) is 5.36. The Bertz CT molecular complexity index is 899. The smallest absolute Gasteiger partial charge is 0.414 e. The molecule has 2 heterocycles. The number of aliphatic carboxylic acids is 2. The molecule has 27 heavy (non-hydrogen) atoms. The van der Waals surface area contributed by atoms with Crippen LogP contribution in [0.3, 0.4) is 0 Å². The van der Waals surface area contributed by atoms with Crippen LogP contribution in [0.1, 0.15) is 5.56 Å². The van der Waals surface area contributed by atoms with Crippen LogP contribution < -0.4 is 5.32 Å². The third-order valence-corrected chi connectivity index (χ3v) is 3.48. The Kier molecular flexibility index (Phi) is 6.59. The van der Waals surface area contributed by atoms with Gasteiger partial charge in [0.1, 0.15) is 5.82 Å². The summed E-state index contributed by atoms with van der Waals surface area (Å²) in [6.45, 7) is 0.654. The van der Waals surface area contributed by atoms with Crippen LogP contribution in [0.5, 0.6) is 0 Å². The van der Waals surface area contributed by atoms with Crippen LogP contribution in [-0.2, 0) is 23.2 Å². The van der Waals surface area contributed by atoms with Crippen LogP contribution in [0.4, 0.5) is 10.3 Å². The number of carboxylic acid groups (broad SMARTS) is 2. The van der Waals surface area contributed by atoms with Gasteiger partial charge in [0.15, 0.2) is 0 Å². The molecule has 0 aliphatic rings. The van der Waals surface area contributed by atoms with E-state index in [2.05, 4.69) is 15.3 Å². The molecule has 0 spiro atoms. The number of nitrogens with one attached hydrogen (secondary N) is 1. The first-order valence-corrected chi connectivity index (χ1v) is 7.75. The molecule has 9 heteroatoms. The molecule has 0 saturated carbocycles. The number of imidazole rings is 1. The van der Waals surface area contributed by atoms with Crippen LogP contribution in [0.2, 0.25) is 0 Å². The highest BCUT2D eigenvalue weighted by Crippen LogP contribution is 2.22. The molecule has 0 amide bonds. The summed E-state index contributed by atoms with van der Waals surface area (Å²) in [5.74, 6) is -3.13. The average Bonchev–Trinajstić information content (AvgIpc) is 3.02. The molecule has 0 fully saturated rings. The maximum Gasteiger partial charge on any atom is 0.414 e. The van der Waals surface area contributed by atoms with Crippen molar-refractivity contribution in [3.05, 3.63) is 66.4 Å². The van der Waals surface area contributed by atoms with E-state index in [1.165, 1.54) is 12.1 Å². The Balaban J connectivity index is 0.000000380. The van der Waals surface area contributed by atoms with E-state index in [0.29, 0.717) is 6.54 Å². The molecule has 0 radical (unpaired) electrons. The predicted octanol–water partition coefficient (Wildman–Crippen LogP) is 2.39. The summed E-state index contributed by atoms with van der Waals surface area (Å²) in [4.78, 5) is 26.6. The van der Waals surface area contributed by atoms with Gasteiger partial charge in [-0.3, -0.25) is 4.98 Å². The quantitative estimate of drug-likeness (QED) is 0.602. The molecular formula is C18H17FN4O4. The number of nitrogens with zero attached hydrogens (tertiary/aromatic N) is 3. The molecule has 0 aliphatic heterocycles. The first kappa shape index (κ1) is 19.6. The average molecular weight is 372 g/mol. The fourth-order valence-electron chi connectivity index (χ4n) is 2.15. The monoisotopic (exact) mass is 372 g/mol. The molecule has 0 saturated heterocycles. The minimum absolute atomic E-state index is 0.240. The van der Waals surface area contributed by atoms with Gasteiger partial charge in [0.05, 0.1) is 11.9 Å². The van der Waals surface area contributed by atoms with Crippen molar-refractivity contribution < 1.29 is 24.2 Å².